The number of primary amides is 1. The van der Waals surface area contributed by atoms with E-state index in [1.165, 1.54) is 62.4 Å². The summed E-state index contributed by atoms with van der Waals surface area (Å²) in [5.41, 5.74) is 13.7. The number of H-pyrrole nitrogens is 1. The van der Waals surface area contributed by atoms with E-state index in [4.69, 9.17) is 20.9 Å². The van der Waals surface area contributed by atoms with Crippen molar-refractivity contribution in [1.29, 1.82) is 0 Å². The van der Waals surface area contributed by atoms with E-state index in [2.05, 4.69) is 36.9 Å². The topological polar surface area (TPSA) is 373 Å². The summed E-state index contributed by atoms with van der Waals surface area (Å²) < 4.78 is 57.3. The maximum absolute atomic E-state index is 16.2. The predicted molar refractivity (Wildman–Crippen MR) is 374 cm³/mol. The molecule has 5 aromatic rings. The van der Waals surface area contributed by atoms with Gasteiger partial charge < -0.3 is 72.7 Å². The number of fused-ring (bicyclic) bond motifs is 33. The number of halogens is 3. The molecule has 11 atom stereocenters. The van der Waals surface area contributed by atoms with Gasteiger partial charge in [-0.15, -0.1) is 0 Å². The number of aliphatic hydroxyl groups excluding tert-OH is 1. The third-order valence-electron chi connectivity index (χ3n) is 19.9. The molecule has 2 bridgehead atoms. The van der Waals surface area contributed by atoms with Crippen LogP contribution < -0.4 is 52.8 Å². The van der Waals surface area contributed by atoms with Gasteiger partial charge >= 0.3 is 0 Å². The number of aromatic nitrogens is 1. The minimum atomic E-state index is -1.88. The minimum absolute atomic E-state index is 0.0126. The van der Waals surface area contributed by atoms with Crippen LogP contribution in [0.15, 0.2) is 97.2 Å². The molecular weight excluding hydrogens is 1340 g/mol. The van der Waals surface area contributed by atoms with Crippen LogP contribution in [0.2, 0.25) is 0 Å². The average molecular weight is 1430 g/mol. The molecule has 2 saturated heterocycles. The molecule has 5 heterocycles. The molecule has 2 fully saturated rings. The average Bonchev–Trinajstić information content (AvgIpc) is 1.68. The van der Waals surface area contributed by atoms with Crippen molar-refractivity contribution in [2.24, 2.45) is 23.3 Å². The van der Waals surface area contributed by atoms with Gasteiger partial charge in [-0.2, -0.15) is 0 Å². The summed E-state index contributed by atoms with van der Waals surface area (Å²) in [5.74, 6) is -11.3. The summed E-state index contributed by atoms with van der Waals surface area (Å²) in [7, 11) is 1.46. The highest BCUT2D eigenvalue weighted by Gasteiger charge is 2.49. The lowest BCUT2D eigenvalue weighted by Crippen LogP contribution is -2.62. The van der Waals surface area contributed by atoms with Gasteiger partial charge in [0.25, 0.3) is 5.91 Å². The number of alkyl halides is 1. The summed E-state index contributed by atoms with van der Waals surface area (Å²) in [5, 5.41) is 27.9. The molecule has 12 N–H and O–H groups in total. The Morgan fingerprint density at radius 3 is 2.20 bits per heavy atom. The lowest BCUT2D eigenvalue weighted by atomic mass is 9.84. The number of amides is 9. The maximum atomic E-state index is 16.2. The van der Waals surface area contributed by atoms with Crippen molar-refractivity contribution in [3.8, 4) is 11.5 Å². The number of Topliss-reactive ketones (excluding diaryl/α,β-unsaturated/α-hetero) is 2. The number of nitrogens with two attached hydrogens (primary N) is 2. The number of benzene rings is 4. The number of nitrogens with one attached hydrogen (secondary N) is 7. The smallest absolute Gasteiger partial charge is 0.257 e. The monoisotopic (exact) mass is 1430 g/mol. The molecule has 5 aliphatic rings. The molecule has 1 aliphatic carbocycles. The van der Waals surface area contributed by atoms with Crippen LogP contribution in [0.1, 0.15) is 126 Å². The molecule has 552 valence electrons. The third-order valence-corrected chi connectivity index (χ3v) is 19.9. The fourth-order valence-corrected chi connectivity index (χ4v) is 13.9. The summed E-state index contributed by atoms with van der Waals surface area (Å²) in [6, 6.07) is 11.9. The molecule has 0 unspecified atom stereocenters. The second kappa shape index (κ2) is 35.3. The van der Waals surface area contributed by atoms with Crippen molar-refractivity contribution >= 4 is 81.2 Å². The Labute approximate surface area is 594 Å². The Hall–Kier alpha value is -9.96. The third kappa shape index (κ3) is 20.0. The SMILES string of the molecule is COc1ccc(C[C@@H]2NC(=O)[C@H]([C@@H](C)O)NC(=O)[C@@H]3C[C@H](F)CN3C(=O)[C@H](CC3=CCc4ccc(F)cc43)NC(=O)[C@H](Cc3c[nH]c4ccc(F)cc34)CC(=O)[C@@H](C)NC(=O)[C@H](CCCCN)NC(=O)CCCCNC(=O)COc3ccc(cc3)C[C@@H](C(N)=O)CC(=O)[C@]3(C)CCCN3C2=O)cc1. The zero-order valence-corrected chi connectivity index (χ0v) is 58.3. The number of unbranched alkanes of at least 4 members (excludes halogenated alkanes) is 1. The van der Waals surface area contributed by atoms with E-state index in [0.717, 1.165) is 4.90 Å². The van der Waals surface area contributed by atoms with Crippen molar-refractivity contribution < 1.29 is 80.5 Å². The van der Waals surface area contributed by atoms with Crippen LogP contribution in [-0.4, -0.2) is 179 Å². The number of methoxy groups -OCH3 is 1. The van der Waals surface area contributed by atoms with E-state index in [0.29, 0.717) is 94.3 Å². The van der Waals surface area contributed by atoms with Gasteiger partial charge in [0.05, 0.1) is 31.3 Å². The predicted octanol–water partition coefficient (Wildman–Crippen LogP) is 4.10. The van der Waals surface area contributed by atoms with Gasteiger partial charge in [-0.3, -0.25) is 52.7 Å². The normalized spacial score (nSPS) is 25.6. The molecule has 1 aromatic heterocycles. The zero-order valence-electron chi connectivity index (χ0n) is 58.3. The number of nitrogens with zero attached hydrogens (tertiary/aromatic N) is 2. The number of carbonyl (C=O) groups is 11. The lowest BCUT2D eigenvalue weighted by molar-refractivity contribution is -0.147. The van der Waals surface area contributed by atoms with E-state index in [1.54, 1.807) is 67.6 Å². The van der Waals surface area contributed by atoms with Gasteiger partial charge in [0.15, 0.2) is 18.2 Å². The zero-order chi connectivity index (χ0) is 74.2. The number of carbonyl (C=O) groups excluding carboxylic acids is 11. The first kappa shape index (κ1) is 77.2. The van der Waals surface area contributed by atoms with Crippen LogP contribution in [0.3, 0.4) is 0 Å². The van der Waals surface area contributed by atoms with E-state index in [1.807, 2.05) is 0 Å². The van der Waals surface area contributed by atoms with Crippen molar-refractivity contribution in [2.45, 2.75) is 178 Å². The molecule has 10 rings (SSSR count). The standard InChI is InChI=1S/C75H92F3N11O14/c1-42-63(91)34-49(32-50-39-82-58-25-20-52(77)37-57(50)58)69(96)85-61(33-47-17-16-46-18-19-51(76)36-56(46)47)73(100)88-40-53(78)38-62(88)71(98)87-67(43(2)90)72(99)86-60(31-45-12-21-54(102-4)22-13-45)74(101)89-29-9-26-75(89,3)64(92)35-48(68(80)95)30-44-14-23-55(24-15-44)103-41-66(94)81-28-8-6-11-65(93)84-59(70(97)83-42)10-5-7-27-79/h12-15,17-25,36-37,39,42-43,48-49,53,59-62,67,82,90H,5-11,16,26-35,38,40-41,79H2,1-4H3,(H2,80,95)(H,81,94)(H,83,97)(H,84,93)(H,85,96)(H,86,99)(H,87,98)/t42-,43-,48-,49-,53+,59+,60+,61+,62+,67+,75+/m1/s1. The van der Waals surface area contributed by atoms with Gasteiger partial charge in [0, 0.05) is 80.6 Å². The number of hydrogen-bond acceptors (Lipinski definition) is 15. The lowest BCUT2D eigenvalue weighted by Gasteiger charge is -2.37. The Morgan fingerprint density at radius 2 is 1.49 bits per heavy atom. The van der Waals surface area contributed by atoms with Gasteiger partial charge in [-0.1, -0.05) is 36.4 Å². The van der Waals surface area contributed by atoms with Crippen molar-refractivity contribution in [1.82, 2.24) is 46.7 Å². The van der Waals surface area contributed by atoms with E-state index >= 15 is 23.2 Å². The molecule has 4 aliphatic heterocycles. The largest absolute Gasteiger partial charge is 0.497 e. The fourth-order valence-electron chi connectivity index (χ4n) is 13.9. The Kier molecular flexibility index (Phi) is 26.4. The number of aromatic amines is 1. The van der Waals surface area contributed by atoms with Crippen LogP contribution in [0.5, 0.6) is 11.5 Å². The summed E-state index contributed by atoms with van der Waals surface area (Å²) >= 11 is 0. The van der Waals surface area contributed by atoms with E-state index in [-0.39, 0.29) is 77.6 Å². The van der Waals surface area contributed by atoms with E-state index in [9.17, 15) is 47.9 Å². The van der Waals surface area contributed by atoms with Crippen LogP contribution in [0.4, 0.5) is 13.2 Å². The van der Waals surface area contributed by atoms with Crippen molar-refractivity contribution in [3.63, 3.8) is 0 Å². The second-order valence-electron chi connectivity index (χ2n) is 27.4. The van der Waals surface area contributed by atoms with Crippen molar-refractivity contribution in [3.05, 3.63) is 137 Å². The molecule has 9 amide bonds. The number of hydrogen-bond donors (Lipinski definition) is 10. The quantitative estimate of drug-likeness (QED) is 0.0742. The fraction of sp³-hybridized carbons (Fsp3) is 0.480. The van der Waals surface area contributed by atoms with Gasteiger partial charge in [0.1, 0.15) is 59.5 Å². The Morgan fingerprint density at radius 1 is 0.767 bits per heavy atom. The number of ether oxygens (including phenoxy) is 2. The number of rotatable bonds is 13. The van der Waals surface area contributed by atoms with Gasteiger partial charge in [0.2, 0.25) is 47.3 Å². The maximum Gasteiger partial charge on any atom is 0.257 e. The van der Waals surface area contributed by atoms with Crippen LogP contribution >= 0.6 is 0 Å². The summed E-state index contributed by atoms with van der Waals surface area (Å²) in [6.45, 7) is 3.58. The molecule has 4 aromatic carbocycles. The molecule has 25 nitrogen and oxygen atoms in total. The second-order valence-corrected chi connectivity index (χ2v) is 27.4. The summed E-state index contributed by atoms with van der Waals surface area (Å²) in [4.78, 5) is 164. The molecule has 103 heavy (non-hydrogen) atoms. The van der Waals surface area contributed by atoms with Crippen molar-refractivity contribution in [2.75, 3.05) is 39.9 Å². The Balaban J connectivity index is 1.04. The molecule has 0 saturated carbocycles. The highest BCUT2D eigenvalue weighted by Crippen LogP contribution is 2.36. The van der Waals surface area contributed by atoms with Gasteiger partial charge in [-0.25, -0.2) is 13.2 Å². The molecular formula is C75H92F3N11O14. The molecule has 28 heteroatoms. The first-order valence-corrected chi connectivity index (χ1v) is 35.1. The molecule has 0 spiro atoms. The van der Waals surface area contributed by atoms with Gasteiger partial charge in [-0.05, 0) is 180 Å². The van der Waals surface area contributed by atoms with Crippen LogP contribution in [0, 0.1) is 23.5 Å². The number of aliphatic hydroxyl groups is 1. The first-order chi connectivity index (χ1) is 49.2. The highest BCUT2D eigenvalue weighted by atomic mass is 19.1. The summed E-state index contributed by atoms with van der Waals surface area (Å²) in [6.07, 6.45) is -0.242. The first-order valence-electron chi connectivity index (χ1n) is 35.1. The minimum Gasteiger partial charge on any atom is -0.497 e. The number of ketones is 2. The Bertz CT molecular complexity index is 3980. The van der Waals surface area contributed by atoms with E-state index < -0.39 is 162 Å². The molecule has 0 radical (unpaired) electrons. The van der Waals surface area contributed by atoms with Crippen LogP contribution in [0.25, 0.3) is 16.5 Å². The highest BCUT2D eigenvalue weighted by molar-refractivity contribution is 6.01. The number of allylic oxidation sites excluding steroid dienone is 1. The van der Waals surface area contributed by atoms with Crippen LogP contribution in [-0.2, 0) is 78.4 Å².